The molecule has 3 aromatic rings. The first-order valence-corrected chi connectivity index (χ1v) is 10.1. The van der Waals surface area contributed by atoms with E-state index in [0.717, 1.165) is 43.2 Å². The summed E-state index contributed by atoms with van der Waals surface area (Å²) < 4.78 is 14.1. The number of para-hydroxylation sites is 1. The van der Waals surface area contributed by atoms with Crippen LogP contribution in [0.5, 0.6) is 0 Å². The second kappa shape index (κ2) is 6.50. The minimum absolute atomic E-state index is 0.141. The van der Waals surface area contributed by atoms with E-state index in [1.807, 2.05) is 23.5 Å². The van der Waals surface area contributed by atoms with Crippen LogP contribution < -0.4 is 9.80 Å². The number of hydrogen-bond acceptors (Lipinski definition) is 5. The highest BCUT2D eigenvalue weighted by atomic mass is 32.1. The quantitative estimate of drug-likeness (QED) is 0.683. The molecule has 2 aliphatic rings. The number of hydrogen-bond donors (Lipinski definition) is 0. The fourth-order valence-corrected chi connectivity index (χ4v) is 5.40. The summed E-state index contributed by atoms with van der Waals surface area (Å²) in [6, 6.07) is 7.04. The second-order valence-corrected chi connectivity index (χ2v) is 8.10. The maximum Gasteiger partial charge on any atom is 0.146 e. The van der Waals surface area contributed by atoms with Crippen molar-refractivity contribution in [3.63, 3.8) is 0 Å². The van der Waals surface area contributed by atoms with E-state index in [1.54, 1.807) is 12.4 Å². The number of halogens is 1. The smallest absolute Gasteiger partial charge is 0.146 e. The number of aromatic nitrogens is 2. The number of thiophene rings is 1. The van der Waals surface area contributed by atoms with Crippen molar-refractivity contribution in [3.05, 3.63) is 46.9 Å². The predicted octanol–water partition coefficient (Wildman–Crippen LogP) is 4.04. The van der Waals surface area contributed by atoms with Gasteiger partial charge >= 0.3 is 0 Å². The lowest BCUT2D eigenvalue weighted by Crippen LogP contribution is -2.47. The molecule has 0 bridgehead atoms. The maximum absolute atomic E-state index is 14.1. The summed E-state index contributed by atoms with van der Waals surface area (Å²) in [5.74, 6) is 0.930. The zero-order valence-corrected chi connectivity index (χ0v) is 15.4. The lowest BCUT2D eigenvalue weighted by molar-refractivity contribution is 0.596. The summed E-state index contributed by atoms with van der Waals surface area (Å²) in [6.07, 6.45) is 6.56. The normalized spacial score (nSPS) is 17.6. The van der Waals surface area contributed by atoms with Crippen molar-refractivity contribution in [1.82, 2.24) is 9.97 Å². The summed E-state index contributed by atoms with van der Waals surface area (Å²) in [5.41, 5.74) is 2.18. The van der Waals surface area contributed by atoms with E-state index in [9.17, 15) is 4.39 Å². The van der Waals surface area contributed by atoms with Crippen molar-refractivity contribution in [1.29, 1.82) is 0 Å². The van der Waals surface area contributed by atoms with Crippen LogP contribution >= 0.6 is 11.3 Å². The topological polar surface area (TPSA) is 32.3 Å². The van der Waals surface area contributed by atoms with Gasteiger partial charge in [0.2, 0.25) is 0 Å². The lowest BCUT2D eigenvalue weighted by Gasteiger charge is -2.37. The number of anilines is 2. The minimum atomic E-state index is -0.141. The third-order valence-corrected chi connectivity index (χ3v) is 6.70. The van der Waals surface area contributed by atoms with E-state index >= 15 is 0 Å². The summed E-state index contributed by atoms with van der Waals surface area (Å²) in [4.78, 5) is 16.3. The average Bonchev–Trinajstić information content (AvgIpc) is 3.07. The van der Waals surface area contributed by atoms with Gasteiger partial charge in [0.05, 0.1) is 11.1 Å². The van der Waals surface area contributed by atoms with Gasteiger partial charge in [-0.05, 0) is 43.4 Å². The Balaban J connectivity index is 1.43. The summed E-state index contributed by atoms with van der Waals surface area (Å²) in [6.45, 7) is 3.31. The van der Waals surface area contributed by atoms with Gasteiger partial charge in [-0.15, -0.1) is 11.3 Å². The molecule has 1 aliphatic carbocycles. The van der Waals surface area contributed by atoms with Crippen molar-refractivity contribution in [2.75, 3.05) is 36.0 Å². The van der Waals surface area contributed by atoms with Crippen molar-refractivity contribution >= 4 is 33.1 Å². The zero-order chi connectivity index (χ0) is 17.5. The molecule has 2 aromatic heterocycles. The number of benzene rings is 1. The van der Waals surface area contributed by atoms with Crippen molar-refractivity contribution in [2.45, 2.75) is 25.7 Å². The van der Waals surface area contributed by atoms with Crippen LogP contribution in [0.1, 0.15) is 23.3 Å². The van der Waals surface area contributed by atoms with Gasteiger partial charge in [0.25, 0.3) is 0 Å². The van der Waals surface area contributed by atoms with Gasteiger partial charge in [-0.3, -0.25) is 0 Å². The molecule has 0 amide bonds. The van der Waals surface area contributed by atoms with E-state index in [0.29, 0.717) is 5.69 Å². The van der Waals surface area contributed by atoms with Gasteiger partial charge in [-0.2, -0.15) is 0 Å². The first-order chi connectivity index (χ1) is 12.8. The molecule has 6 heteroatoms. The Bertz CT molecular complexity index is 946. The number of nitrogens with zero attached hydrogens (tertiary/aromatic N) is 4. The van der Waals surface area contributed by atoms with E-state index in [-0.39, 0.29) is 5.82 Å². The van der Waals surface area contributed by atoms with Crippen LogP contribution in [0.4, 0.5) is 15.9 Å². The highest BCUT2D eigenvalue weighted by molar-refractivity contribution is 7.19. The van der Waals surface area contributed by atoms with E-state index in [4.69, 9.17) is 0 Å². The Labute approximate surface area is 156 Å². The maximum atomic E-state index is 14.1. The van der Waals surface area contributed by atoms with Crippen molar-refractivity contribution < 1.29 is 4.39 Å². The Kier molecular flexibility index (Phi) is 4.00. The van der Waals surface area contributed by atoms with Crippen LogP contribution in [0.3, 0.4) is 0 Å². The van der Waals surface area contributed by atoms with Crippen molar-refractivity contribution in [2.24, 2.45) is 0 Å². The highest BCUT2D eigenvalue weighted by Gasteiger charge is 2.25. The monoisotopic (exact) mass is 368 g/mol. The van der Waals surface area contributed by atoms with E-state index < -0.39 is 0 Å². The molecule has 5 rings (SSSR count). The predicted molar refractivity (Wildman–Crippen MR) is 105 cm³/mol. The summed E-state index contributed by atoms with van der Waals surface area (Å²) in [7, 11) is 0. The highest BCUT2D eigenvalue weighted by Crippen LogP contribution is 2.39. The van der Waals surface area contributed by atoms with Crippen LogP contribution in [0.2, 0.25) is 0 Å². The van der Waals surface area contributed by atoms with E-state index in [2.05, 4.69) is 19.8 Å². The molecule has 3 heterocycles. The zero-order valence-electron chi connectivity index (χ0n) is 14.6. The van der Waals surface area contributed by atoms with Gasteiger partial charge in [-0.25, -0.2) is 14.4 Å². The van der Waals surface area contributed by atoms with Gasteiger partial charge in [-0.1, -0.05) is 12.1 Å². The minimum Gasteiger partial charge on any atom is -0.366 e. The lowest BCUT2D eigenvalue weighted by atomic mass is 9.97. The molecule has 1 aliphatic heterocycles. The molecule has 1 fully saturated rings. The molecule has 0 saturated carbocycles. The molecule has 26 heavy (non-hydrogen) atoms. The first-order valence-electron chi connectivity index (χ1n) is 9.31. The largest absolute Gasteiger partial charge is 0.366 e. The SMILES string of the molecule is Fc1ccccc1N1CCN(c2ncnc3sc4c(c23)CCCC4)CC1. The van der Waals surface area contributed by atoms with Crippen LogP contribution in [0.25, 0.3) is 10.2 Å². The van der Waals surface area contributed by atoms with Gasteiger partial charge in [0.1, 0.15) is 22.8 Å². The molecule has 0 unspecified atom stereocenters. The summed E-state index contributed by atoms with van der Waals surface area (Å²) in [5, 5.41) is 1.27. The molecule has 0 radical (unpaired) electrons. The fourth-order valence-electron chi connectivity index (χ4n) is 4.18. The standard InChI is InChI=1S/C20H21FN4S/c21-15-6-2-3-7-16(15)24-9-11-25(12-10-24)19-18-14-5-1-4-8-17(14)26-20(18)23-13-22-19/h2-3,6-7,13H,1,4-5,8-12H2. The molecule has 0 N–H and O–H groups in total. The van der Waals surface area contributed by atoms with Crippen LogP contribution in [-0.2, 0) is 12.8 Å². The molecule has 4 nitrogen and oxygen atoms in total. The van der Waals surface area contributed by atoms with Crippen LogP contribution in [0.15, 0.2) is 30.6 Å². The average molecular weight is 368 g/mol. The van der Waals surface area contributed by atoms with Gasteiger partial charge in [0, 0.05) is 31.1 Å². The molecular weight excluding hydrogens is 347 g/mol. The Morgan fingerprint density at radius 2 is 1.69 bits per heavy atom. The number of aryl methyl sites for hydroxylation is 2. The van der Waals surface area contributed by atoms with Crippen molar-refractivity contribution in [3.8, 4) is 0 Å². The first kappa shape index (κ1) is 16.0. The van der Waals surface area contributed by atoms with Gasteiger partial charge in [0.15, 0.2) is 0 Å². The molecule has 0 atom stereocenters. The molecular formula is C20H21FN4S. The Morgan fingerprint density at radius 3 is 2.54 bits per heavy atom. The van der Waals surface area contributed by atoms with E-state index in [1.165, 1.54) is 41.2 Å². The van der Waals surface area contributed by atoms with Crippen LogP contribution in [0, 0.1) is 5.82 Å². The Hall–Kier alpha value is -2.21. The molecule has 1 aromatic carbocycles. The third-order valence-electron chi connectivity index (χ3n) is 5.50. The van der Waals surface area contributed by atoms with Gasteiger partial charge < -0.3 is 9.80 Å². The third kappa shape index (κ3) is 2.63. The molecule has 0 spiro atoms. The fraction of sp³-hybridized carbons (Fsp3) is 0.400. The van der Waals surface area contributed by atoms with Crippen LogP contribution in [-0.4, -0.2) is 36.1 Å². The molecule has 134 valence electrons. The molecule has 1 saturated heterocycles. The number of piperazine rings is 1. The number of rotatable bonds is 2. The second-order valence-electron chi connectivity index (χ2n) is 7.01. The Morgan fingerprint density at radius 1 is 0.923 bits per heavy atom. The number of fused-ring (bicyclic) bond motifs is 3. The summed E-state index contributed by atoms with van der Waals surface area (Å²) >= 11 is 1.84.